The molecule has 5 rings (SSSR count). The van der Waals surface area contributed by atoms with E-state index >= 15 is 0 Å². The van der Waals surface area contributed by atoms with Gasteiger partial charge in [-0.15, -0.1) is 0 Å². The van der Waals surface area contributed by atoms with Gasteiger partial charge in [-0.2, -0.15) is 0 Å². The highest BCUT2D eigenvalue weighted by molar-refractivity contribution is 7.93. The van der Waals surface area contributed by atoms with Crippen molar-refractivity contribution in [3.8, 4) is 0 Å². The number of fused-ring (bicyclic) bond motifs is 3. The van der Waals surface area contributed by atoms with Gasteiger partial charge in [0, 0.05) is 31.1 Å². The molecule has 0 fully saturated rings. The Morgan fingerprint density at radius 1 is 0.743 bits per heavy atom. The Balaban J connectivity index is 1.71. The number of nitrogens with zero attached hydrogens (tertiary/aromatic N) is 1. The molecule has 1 heterocycles. The van der Waals surface area contributed by atoms with Crippen LogP contribution in [0.5, 0.6) is 0 Å². The highest BCUT2D eigenvalue weighted by Crippen LogP contribution is 2.54. The Bertz CT molecular complexity index is 1530. The first kappa shape index (κ1) is 23.3. The fraction of sp³-hybridized carbons (Fsp3) is 0.200. The van der Waals surface area contributed by atoms with Crippen LogP contribution in [0.2, 0.25) is 0 Å². The molecule has 0 radical (unpaired) electrons. The summed E-state index contributed by atoms with van der Waals surface area (Å²) < 4.78 is 13.2. The van der Waals surface area contributed by atoms with Crippen LogP contribution in [0.1, 0.15) is 44.4 Å². The lowest BCUT2D eigenvalue weighted by Gasteiger charge is -2.42. The van der Waals surface area contributed by atoms with Crippen molar-refractivity contribution in [1.82, 2.24) is 0 Å². The van der Waals surface area contributed by atoms with Crippen molar-refractivity contribution in [3.05, 3.63) is 102 Å². The van der Waals surface area contributed by atoms with Crippen molar-refractivity contribution < 1.29 is 14.2 Å². The van der Waals surface area contributed by atoms with Crippen LogP contribution in [0.4, 0.5) is 17.1 Å². The lowest BCUT2D eigenvalue weighted by molar-refractivity contribution is -0.113. The Hall–Kier alpha value is -3.49. The zero-order chi connectivity index (χ0) is 25.0. The Labute approximate surface area is 206 Å². The van der Waals surface area contributed by atoms with E-state index < -0.39 is 18.2 Å². The first-order valence-electron chi connectivity index (χ1n) is 11.8. The van der Waals surface area contributed by atoms with Crippen LogP contribution < -0.4 is 4.90 Å². The number of benzene rings is 4. The third-order valence-electron chi connectivity index (χ3n) is 7.21. The molecule has 0 amide bonds. The molecule has 0 saturated carbocycles. The standard InChI is InChI=1S/C30H28NO3P/c1-20(32)35(34,21(2)33)19-22-13-16-29-27(17-22)30(3,4)26-11-7-8-12-28(26)31(29)25-15-14-23-9-5-6-10-24(23)18-25/h5-18H,19H2,1-4H3. The Morgan fingerprint density at radius 2 is 1.37 bits per heavy atom. The van der Waals surface area contributed by atoms with Crippen molar-refractivity contribution in [3.63, 3.8) is 0 Å². The fourth-order valence-electron chi connectivity index (χ4n) is 5.14. The van der Waals surface area contributed by atoms with Crippen molar-refractivity contribution in [2.75, 3.05) is 4.90 Å². The smallest absolute Gasteiger partial charge is 0.214 e. The van der Waals surface area contributed by atoms with E-state index in [1.807, 2.05) is 36.4 Å². The van der Waals surface area contributed by atoms with Gasteiger partial charge in [-0.3, -0.25) is 9.59 Å². The lowest BCUT2D eigenvalue weighted by atomic mass is 9.73. The summed E-state index contributed by atoms with van der Waals surface area (Å²) in [5.41, 5.74) is 4.79. The molecule has 1 aliphatic heterocycles. The molecule has 0 N–H and O–H groups in total. The summed E-state index contributed by atoms with van der Waals surface area (Å²) in [6.45, 7) is 6.87. The molecule has 0 spiro atoms. The Morgan fingerprint density at radius 3 is 2.09 bits per heavy atom. The van der Waals surface area contributed by atoms with E-state index in [9.17, 15) is 14.2 Å². The van der Waals surface area contributed by atoms with E-state index in [4.69, 9.17) is 0 Å². The predicted octanol–water partition coefficient (Wildman–Crippen LogP) is 7.91. The third-order valence-corrected chi connectivity index (χ3v) is 10.1. The van der Waals surface area contributed by atoms with Gasteiger partial charge in [-0.1, -0.05) is 74.5 Å². The summed E-state index contributed by atoms with van der Waals surface area (Å²) in [4.78, 5) is 26.6. The maximum absolute atomic E-state index is 13.2. The maximum Gasteiger partial charge on any atom is 0.214 e. The van der Waals surface area contributed by atoms with Crippen LogP contribution in [0.15, 0.2) is 84.9 Å². The molecule has 176 valence electrons. The van der Waals surface area contributed by atoms with Crippen LogP contribution >= 0.6 is 7.14 Å². The Kier molecular flexibility index (Phi) is 5.53. The molecule has 0 atom stereocenters. The minimum absolute atomic E-state index is 0.0430. The number of carbonyl (C=O) groups is 2. The molecular formula is C30H28NO3P. The normalized spacial score (nSPS) is 14.3. The van der Waals surface area contributed by atoms with E-state index in [1.54, 1.807) is 0 Å². The lowest BCUT2D eigenvalue weighted by Crippen LogP contribution is -2.30. The zero-order valence-electron chi connectivity index (χ0n) is 20.4. The fourth-order valence-corrected chi connectivity index (χ4v) is 6.74. The zero-order valence-corrected chi connectivity index (χ0v) is 21.3. The number of anilines is 3. The van der Waals surface area contributed by atoms with Crippen molar-refractivity contribution >= 4 is 46.0 Å². The van der Waals surface area contributed by atoms with Gasteiger partial charge in [0.1, 0.15) is 0 Å². The summed E-state index contributed by atoms with van der Waals surface area (Å²) in [5, 5.41) is 2.34. The number of hydrogen-bond acceptors (Lipinski definition) is 4. The monoisotopic (exact) mass is 481 g/mol. The van der Waals surface area contributed by atoms with E-state index in [1.165, 1.54) is 24.8 Å². The summed E-state index contributed by atoms with van der Waals surface area (Å²) in [5.74, 6) is 0. The van der Waals surface area contributed by atoms with Gasteiger partial charge in [0.05, 0.1) is 11.4 Å². The van der Waals surface area contributed by atoms with Gasteiger partial charge in [-0.05, 0) is 51.7 Å². The second-order valence-electron chi connectivity index (χ2n) is 9.80. The average molecular weight is 482 g/mol. The van der Waals surface area contributed by atoms with Gasteiger partial charge < -0.3 is 9.46 Å². The molecule has 0 aromatic heterocycles. The predicted molar refractivity (Wildman–Crippen MR) is 143 cm³/mol. The number of rotatable bonds is 5. The van der Waals surface area contributed by atoms with Crippen molar-refractivity contribution in [2.24, 2.45) is 0 Å². The summed E-state index contributed by atoms with van der Waals surface area (Å²) in [6, 6.07) is 29.1. The molecule has 4 aromatic carbocycles. The minimum Gasteiger partial charge on any atom is -0.310 e. The number of hydrogen-bond donors (Lipinski definition) is 0. The van der Waals surface area contributed by atoms with Crippen LogP contribution in [0.25, 0.3) is 10.8 Å². The molecule has 0 aliphatic carbocycles. The SMILES string of the molecule is CC(=O)P(=O)(Cc1ccc2c(c1)C(C)(C)c1ccccc1N2c1ccc2ccccc2c1)C(C)=O. The summed E-state index contributed by atoms with van der Waals surface area (Å²) in [7, 11) is -3.62. The van der Waals surface area contributed by atoms with Gasteiger partial charge in [0.15, 0.2) is 11.0 Å². The molecule has 0 unspecified atom stereocenters. The summed E-state index contributed by atoms with van der Waals surface area (Å²) >= 11 is 0. The largest absolute Gasteiger partial charge is 0.310 e. The van der Waals surface area contributed by atoms with Crippen LogP contribution in [0.3, 0.4) is 0 Å². The second kappa shape index (κ2) is 8.32. The van der Waals surface area contributed by atoms with E-state index in [-0.39, 0.29) is 11.6 Å². The molecule has 5 heteroatoms. The van der Waals surface area contributed by atoms with Crippen molar-refractivity contribution in [1.29, 1.82) is 0 Å². The van der Waals surface area contributed by atoms with E-state index in [2.05, 4.69) is 67.3 Å². The molecular weight excluding hydrogens is 453 g/mol. The van der Waals surface area contributed by atoms with Gasteiger partial charge >= 0.3 is 0 Å². The number of para-hydroxylation sites is 1. The highest BCUT2D eigenvalue weighted by Gasteiger charge is 2.38. The number of carbonyl (C=O) groups excluding carboxylic acids is 2. The molecule has 0 saturated heterocycles. The first-order valence-corrected chi connectivity index (χ1v) is 13.7. The van der Waals surface area contributed by atoms with Crippen LogP contribution in [-0.2, 0) is 25.7 Å². The average Bonchev–Trinajstić information content (AvgIpc) is 2.84. The topological polar surface area (TPSA) is 54.5 Å². The molecule has 0 bridgehead atoms. The van der Waals surface area contributed by atoms with Crippen LogP contribution in [-0.4, -0.2) is 11.0 Å². The second-order valence-corrected chi connectivity index (χ2v) is 12.9. The summed E-state index contributed by atoms with van der Waals surface area (Å²) in [6.07, 6.45) is -0.0430. The molecule has 4 aromatic rings. The van der Waals surface area contributed by atoms with Gasteiger partial charge in [0.25, 0.3) is 0 Å². The highest BCUT2D eigenvalue weighted by atomic mass is 31.2. The van der Waals surface area contributed by atoms with Gasteiger partial charge in [0.2, 0.25) is 7.14 Å². The van der Waals surface area contributed by atoms with E-state index in [0.29, 0.717) is 0 Å². The molecule has 4 nitrogen and oxygen atoms in total. The first-order chi connectivity index (χ1) is 16.6. The molecule has 1 aliphatic rings. The maximum atomic E-state index is 13.2. The minimum atomic E-state index is -3.62. The van der Waals surface area contributed by atoms with Gasteiger partial charge in [-0.25, -0.2) is 0 Å². The molecule has 35 heavy (non-hydrogen) atoms. The third kappa shape index (κ3) is 3.73. The quantitative estimate of drug-likeness (QED) is 0.272. The van der Waals surface area contributed by atoms with Crippen LogP contribution in [0, 0.1) is 0 Å². The van der Waals surface area contributed by atoms with E-state index in [0.717, 1.165) is 33.6 Å². The van der Waals surface area contributed by atoms with Crippen molar-refractivity contribution in [2.45, 2.75) is 39.3 Å².